The van der Waals surface area contributed by atoms with Gasteiger partial charge in [-0.1, -0.05) is 36.4 Å². The van der Waals surface area contributed by atoms with Crippen LogP contribution in [0.25, 0.3) is 0 Å². The molecule has 8 heteroatoms. The molecule has 0 bridgehead atoms. The normalized spacial score (nSPS) is 21.9. The zero-order valence-electron chi connectivity index (χ0n) is 21.0. The molecular weight excluding hydrogens is 487 g/mol. The van der Waals surface area contributed by atoms with Gasteiger partial charge >= 0.3 is 0 Å². The molecule has 3 aliphatic heterocycles. The van der Waals surface area contributed by atoms with Crippen molar-refractivity contribution in [3.63, 3.8) is 0 Å². The molecule has 37 heavy (non-hydrogen) atoms. The number of benzene rings is 3. The number of anilines is 3. The zero-order valence-corrected chi connectivity index (χ0v) is 21.8. The third kappa shape index (κ3) is 3.90. The van der Waals surface area contributed by atoms with Crippen molar-refractivity contribution in [2.75, 3.05) is 53.3 Å². The first-order valence-electron chi connectivity index (χ1n) is 12.6. The molecule has 2 amide bonds. The Morgan fingerprint density at radius 3 is 2.22 bits per heavy atom. The van der Waals surface area contributed by atoms with Crippen LogP contribution >= 0.6 is 11.8 Å². The molecule has 0 unspecified atom stereocenters. The van der Waals surface area contributed by atoms with Crippen LogP contribution in [0.15, 0.2) is 66.7 Å². The summed E-state index contributed by atoms with van der Waals surface area (Å²) in [7, 11) is 0. The summed E-state index contributed by atoms with van der Waals surface area (Å²) in [6.45, 7) is 7.22. The van der Waals surface area contributed by atoms with E-state index in [-0.39, 0.29) is 23.4 Å². The van der Waals surface area contributed by atoms with Crippen LogP contribution in [-0.2, 0) is 14.5 Å². The van der Waals surface area contributed by atoms with Crippen LogP contribution in [-0.4, -0.2) is 55.3 Å². The Kier molecular flexibility index (Phi) is 5.96. The Morgan fingerprint density at radius 2 is 1.51 bits per heavy atom. The Balaban J connectivity index is 1.29. The van der Waals surface area contributed by atoms with Crippen molar-refractivity contribution in [3.8, 4) is 0 Å². The number of halogens is 1. The van der Waals surface area contributed by atoms with Crippen molar-refractivity contribution in [1.29, 1.82) is 0 Å². The predicted molar refractivity (Wildman–Crippen MR) is 147 cm³/mol. The molecule has 3 aromatic carbocycles. The number of aryl methyl sites for hydroxylation is 2. The van der Waals surface area contributed by atoms with Gasteiger partial charge in [0.2, 0.25) is 10.8 Å². The Bertz CT molecular complexity index is 1370. The van der Waals surface area contributed by atoms with Crippen molar-refractivity contribution >= 4 is 40.6 Å². The van der Waals surface area contributed by atoms with Crippen LogP contribution in [0.4, 0.5) is 21.5 Å². The van der Waals surface area contributed by atoms with Crippen molar-refractivity contribution in [1.82, 2.24) is 4.90 Å². The topological polar surface area (TPSA) is 47.1 Å². The van der Waals surface area contributed by atoms with E-state index in [1.165, 1.54) is 17.8 Å². The van der Waals surface area contributed by atoms with Crippen LogP contribution in [0, 0.1) is 19.7 Å². The van der Waals surface area contributed by atoms with E-state index >= 15 is 0 Å². The van der Waals surface area contributed by atoms with Gasteiger partial charge in [0, 0.05) is 37.4 Å². The quantitative estimate of drug-likeness (QED) is 0.511. The van der Waals surface area contributed by atoms with Gasteiger partial charge in [-0.25, -0.2) is 4.39 Å². The third-order valence-corrected chi connectivity index (χ3v) is 8.82. The summed E-state index contributed by atoms with van der Waals surface area (Å²) in [6, 6.07) is 20.7. The summed E-state index contributed by atoms with van der Waals surface area (Å²) in [5.74, 6) is -0.0999. The van der Waals surface area contributed by atoms with Crippen LogP contribution in [0.5, 0.6) is 0 Å². The van der Waals surface area contributed by atoms with Gasteiger partial charge in [0.1, 0.15) is 5.82 Å². The van der Waals surface area contributed by atoms with Gasteiger partial charge in [-0.15, -0.1) is 11.8 Å². The lowest BCUT2D eigenvalue weighted by molar-refractivity contribution is -0.124. The number of rotatable bonds is 4. The molecule has 6 rings (SSSR count). The van der Waals surface area contributed by atoms with Gasteiger partial charge < -0.3 is 4.90 Å². The second-order valence-electron chi connectivity index (χ2n) is 9.96. The lowest BCUT2D eigenvalue weighted by Crippen LogP contribution is -2.54. The highest BCUT2D eigenvalue weighted by molar-refractivity contribution is 8.02. The average molecular weight is 517 g/mol. The van der Waals surface area contributed by atoms with E-state index < -0.39 is 4.87 Å². The number of fused-ring (bicyclic) bond motifs is 2. The number of nitrogens with zero attached hydrogens (tertiary/aromatic N) is 4. The lowest BCUT2D eigenvalue weighted by atomic mass is 10.0. The number of thioether (sulfide) groups is 1. The molecule has 1 atom stereocenters. The number of hydrogen-bond acceptors (Lipinski definition) is 5. The molecule has 2 saturated heterocycles. The van der Waals surface area contributed by atoms with E-state index in [1.54, 1.807) is 11.0 Å². The van der Waals surface area contributed by atoms with E-state index in [0.29, 0.717) is 38.5 Å². The van der Waals surface area contributed by atoms with Gasteiger partial charge in [-0.05, 0) is 55.3 Å². The fraction of sp³-hybridized carbons (Fsp3) is 0.310. The Hall–Kier alpha value is -3.36. The third-order valence-electron chi connectivity index (χ3n) is 7.44. The van der Waals surface area contributed by atoms with Gasteiger partial charge in [0.15, 0.2) is 0 Å². The van der Waals surface area contributed by atoms with Gasteiger partial charge in [-0.2, -0.15) is 0 Å². The van der Waals surface area contributed by atoms with Gasteiger partial charge in [0.25, 0.3) is 5.91 Å². The number of amides is 2. The van der Waals surface area contributed by atoms with Crippen molar-refractivity contribution in [2.45, 2.75) is 18.7 Å². The number of carbonyl (C=O) groups excluding carboxylic acids is 2. The number of carbonyl (C=O) groups is 2. The standard InChI is InChI=1S/C29H29FN4O2S/c1-20-15-21(2)17-22(16-20)34-27(35)18-37-29(34)23-7-3-5-9-25(23)33(28(29)36)19-31-11-13-32(14-12-31)26-10-6-4-8-24(26)30/h3-10,15-17H,11-14,18-19H2,1-2H3/t29-/m0/s1. The highest BCUT2D eigenvalue weighted by Crippen LogP contribution is 2.55. The highest BCUT2D eigenvalue weighted by Gasteiger charge is 2.61. The predicted octanol–water partition coefficient (Wildman–Crippen LogP) is 4.50. The molecule has 0 N–H and O–H groups in total. The van der Waals surface area contributed by atoms with E-state index in [9.17, 15) is 14.0 Å². The largest absolute Gasteiger partial charge is 0.367 e. The molecule has 0 saturated carbocycles. The Labute approximate surface area is 220 Å². The maximum absolute atomic E-state index is 14.3. The summed E-state index contributed by atoms with van der Waals surface area (Å²) in [6.07, 6.45) is 0. The summed E-state index contributed by atoms with van der Waals surface area (Å²) in [5.41, 5.74) is 5.20. The first-order valence-corrected chi connectivity index (χ1v) is 13.6. The summed E-state index contributed by atoms with van der Waals surface area (Å²) in [5, 5.41) is 0. The van der Waals surface area contributed by atoms with Gasteiger partial charge in [0.05, 0.1) is 23.8 Å². The maximum atomic E-state index is 14.3. The van der Waals surface area contributed by atoms with E-state index in [4.69, 9.17) is 0 Å². The summed E-state index contributed by atoms with van der Waals surface area (Å²) in [4.78, 5) is 34.3. The molecule has 1 spiro atoms. The molecule has 6 nitrogen and oxygen atoms in total. The van der Waals surface area contributed by atoms with E-state index in [2.05, 4.69) is 15.9 Å². The van der Waals surface area contributed by atoms with Gasteiger partial charge in [-0.3, -0.25) is 24.3 Å². The smallest absolute Gasteiger partial charge is 0.269 e. The molecule has 3 heterocycles. The molecular formula is C29H29FN4O2S. The van der Waals surface area contributed by atoms with E-state index in [1.807, 2.05) is 67.3 Å². The average Bonchev–Trinajstić information content (AvgIpc) is 3.35. The second kappa shape index (κ2) is 9.19. The fourth-order valence-corrected chi connectivity index (χ4v) is 7.17. The SMILES string of the molecule is Cc1cc(C)cc(N2C(=O)CS[C@@]23C(=O)N(CN2CCN(c4ccccc4F)CC2)c2ccccc23)c1. The van der Waals surface area contributed by atoms with Crippen LogP contribution in [0.1, 0.15) is 16.7 Å². The maximum Gasteiger partial charge on any atom is 0.269 e. The molecule has 0 radical (unpaired) electrons. The minimum absolute atomic E-state index is 0.0569. The second-order valence-corrected chi connectivity index (χ2v) is 11.1. The first kappa shape index (κ1) is 24.0. The van der Waals surface area contributed by atoms with Crippen LogP contribution in [0.3, 0.4) is 0 Å². The number of para-hydroxylation sites is 2. The highest BCUT2D eigenvalue weighted by atomic mass is 32.2. The molecule has 2 fully saturated rings. The van der Waals surface area contributed by atoms with E-state index in [0.717, 1.165) is 28.1 Å². The van der Waals surface area contributed by atoms with Crippen molar-refractivity contribution in [2.24, 2.45) is 0 Å². The molecule has 0 aliphatic carbocycles. The van der Waals surface area contributed by atoms with Crippen LogP contribution < -0.4 is 14.7 Å². The molecule has 190 valence electrons. The summed E-state index contributed by atoms with van der Waals surface area (Å²) < 4.78 is 14.3. The van der Waals surface area contributed by atoms with Crippen molar-refractivity contribution < 1.29 is 14.0 Å². The van der Waals surface area contributed by atoms with Crippen LogP contribution in [0.2, 0.25) is 0 Å². The zero-order chi connectivity index (χ0) is 25.7. The minimum Gasteiger partial charge on any atom is -0.367 e. The monoisotopic (exact) mass is 516 g/mol. The molecule has 3 aliphatic rings. The molecule has 0 aromatic heterocycles. The lowest BCUT2D eigenvalue weighted by Gasteiger charge is -2.38. The fourth-order valence-electron chi connectivity index (χ4n) is 5.81. The number of piperazine rings is 1. The summed E-state index contributed by atoms with van der Waals surface area (Å²) >= 11 is 1.41. The van der Waals surface area contributed by atoms with Crippen molar-refractivity contribution in [3.05, 3.63) is 89.2 Å². The first-order chi connectivity index (χ1) is 17.9. The minimum atomic E-state index is -1.11. The molecule has 3 aromatic rings. The number of hydrogen-bond donors (Lipinski definition) is 0. The Morgan fingerprint density at radius 1 is 0.865 bits per heavy atom.